The van der Waals surface area contributed by atoms with Gasteiger partial charge in [0, 0.05) is 4.90 Å². The number of thioether (sulfide) groups is 1. The average molecular weight is 396 g/mol. The third-order valence-electron chi connectivity index (χ3n) is 4.73. The molecule has 2 aromatic carbocycles. The number of amidine groups is 1. The molecular weight excluding hydrogens is 376 g/mol. The highest BCUT2D eigenvalue weighted by Crippen LogP contribution is 2.50. The number of carbonyl (C=O) groups excluding carboxylic acids is 1. The Morgan fingerprint density at radius 3 is 2.82 bits per heavy atom. The number of hydrogen-bond acceptors (Lipinski definition) is 7. The van der Waals surface area contributed by atoms with E-state index in [0.717, 1.165) is 21.3 Å². The number of benzene rings is 2. The van der Waals surface area contributed by atoms with Crippen molar-refractivity contribution >= 4 is 28.6 Å². The lowest BCUT2D eigenvalue weighted by molar-refractivity contribution is -0.138. The first kappa shape index (κ1) is 18.4. The fourth-order valence-electron chi connectivity index (χ4n) is 3.50. The standard InChI is InChI=1S/C21H20N2O4S/c1-4-27-20(25)18-12(2)22-21-23(14-7-5-6-8-17(14)28-21)19(18)13-9-10-15(24)16(11-13)26-3/h5-11,19,24H,4H2,1-3H3. The Bertz CT molecular complexity index is 1020. The second-order valence-electron chi connectivity index (χ2n) is 6.39. The first-order valence-corrected chi connectivity index (χ1v) is 9.76. The second-order valence-corrected chi connectivity index (χ2v) is 7.40. The number of anilines is 1. The zero-order valence-electron chi connectivity index (χ0n) is 15.8. The van der Waals surface area contributed by atoms with E-state index in [1.165, 1.54) is 7.11 Å². The smallest absolute Gasteiger partial charge is 0.338 e. The van der Waals surface area contributed by atoms with Crippen LogP contribution in [0.5, 0.6) is 11.5 Å². The number of fused-ring (bicyclic) bond motifs is 3. The van der Waals surface area contributed by atoms with Gasteiger partial charge < -0.3 is 19.5 Å². The van der Waals surface area contributed by atoms with Gasteiger partial charge in [-0.05, 0) is 55.4 Å². The van der Waals surface area contributed by atoms with Gasteiger partial charge in [0.15, 0.2) is 16.7 Å². The number of carbonyl (C=O) groups is 1. The molecule has 0 fully saturated rings. The van der Waals surface area contributed by atoms with Gasteiger partial charge in [-0.25, -0.2) is 9.79 Å². The van der Waals surface area contributed by atoms with Crippen molar-refractivity contribution in [1.82, 2.24) is 0 Å². The number of aromatic hydroxyl groups is 1. The van der Waals surface area contributed by atoms with Crippen molar-refractivity contribution in [2.75, 3.05) is 18.6 Å². The Labute approximate surface area is 167 Å². The minimum atomic E-state index is -0.433. The van der Waals surface area contributed by atoms with Crippen molar-refractivity contribution in [2.24, 2.45) is 4.99 Å². The molecule has 144 valence electrons. The molecule has 0 aromatic heterocycles. The number of aliphatic imine (C=N–C) groups is 1. The maximum atomic E-state index is 12.9. The second kappa shape index (κ2) is 7.24. The summed E-state index contributed by atoms with van der Waals surface area (Å²) in [5, 5.41) is 10.8. The number of methoxy groups -OCH3 is 1. The van der Waals surface area contributed by atoms with Crippen molar-refractivity contribution in [2.45, 2.75) is 24.8 Å². The van der Waals surface area contributed by atoms with Crippen molar-refractivity contribution in [1.29, 1.82) is 0 Å². The number of ether oxygens (including phenoxy) is 2. The minimum absolute atomic E-state index is 0.0468. The Hall–Kier alpha value is -2.93. The molecule has 2 aromatic rings. The van der Waals surface area contributed by atoms with Crippen LogP contribution in [0.3, 0.4) is 0 Å². The maximum absolute atomic E-state index is 12.9. The molecule has 0 bridgehead atoms. The van der Waals surface area contributed by atoms with Crippen molar-refractivity contribution in [3.63, 3.8) is 0 Å². The van der Waals surface area contributed by atoms with E-state index in [2.05, 4.69) is 4.99 Å². The summed E-state index contributed by atoms with van der Waals surface area (Å²) in [6, 6.07) is 12.7. The number of phenolic OH excluding ortho intramolecular Hbond substituents is 1. The van der Waals surface area contributed by atoms with Crippen LogP contribution in [0.2, 0.25) is 0 Å². The third kappa shape index (κ3) is 2.92. The fraction of sp³-hybridized carbons (Fsp3) is 0.238. The molecule has 2 aliphatic rings. The van der Waals surface area contributed by atoms with Crippen LogP contribution in [-0.4, -0.2) is 30.0 Å². The predicted octanol–water partition coefficient (Wildman–Crippen LogP) is 4.26. The van der Waals surface area contributed by atoms with Crippen LogP contribution in [0.15, 0.2) is 63.6 Å². The highest BCUT2D eigenvalue weighted by Gasteiger charge is 2.42. The molecule has 7 heteroatoms. The van der Waals surface area contributed by atoms with E-state index >= 15 is 0 Å². The van der Waals surface area contributed by atoms with Gasteiger partial charge >= 0.3 is 5.97 Å². The topological polar surface area (TPSA) is 71.4 Å². The van der Waals surface area contributed by atoms with Crippen LogP contribution < -0.4 is 9.64 Å². The molecule has 6 nitrogen and oxygen atoms in total. The predicted molar refractivity (Wildman–Crippen MR) is 109 cm³/mol. The number of hydrogen-bond donors (Lipinski definition) is 1. The number of esters is 1. The lowest BCUT2D eigenvalue weighted by Crippen LogP contribution is -2.37. The molecule has 0 radical (unpaired) electrons. The Morgan fingerprint density at radius 2 is 2.07 bits per heavy atom. The normalized spacial score (nSPS) is 17.8. The van der Waals surface area contributed by atoms with Crippen molar-refractivity contribution in [3.8, 4) is 11.5 Å². The molecule has 4 rings (SSSR count). The van der Waals surface area contributed by atoms with Gasteiger partial charge in [-0.3, -0.25) is 0 Å². The number of allylic oxidation sites excluding steroid dienone is 1. The van der Waals surface area contributed by atoms with Gasteiger partial charge in [0.1, 0.15) is 0 Å². The first-order valence-electron chi connectivity index (χ1n) is 8.94. The Morgan fingerprint density at radius 1 is 1.29 bits per heavy atom. The number of nitrogens with zero attached hydrogens (tertiary/aromatic N) is 2. The number of para-hydroxylation sites is 1. The lowest BCUT2D eigenvalue weighted by Gasteiger charge is -2.35. The van der Waals surface area contributed by atoms with E-state index < -0.39 is 12.0 Å². The summed E-state index contributed by atoms with van der Waals surface area (Å²) in [5.74, 6) is 0.00214. The molecule has 0 saturated heterocycles. The fourth-order valence-corrected chi connectivity index (χ4v) is 4.60. The van der Waals surface area contributed by atoms with Crippen molar-refractivity contribution < 1.29 is 19.4 Å². The number of phenols is 1. The highest BCUT2D eigenvalue weighted by atomic mass is 32.2. The van der Waals surface area contributed by atoms with Crippen molar-refractivity contribution in [3.05, 3.63) is 59.3 Å². The van der Waals surface area contributed by atoms with Gasteiger partial charge in [0.25, 0.3) is 0 Å². The molecule has 1 unspecified atom stereocenters. The molecule has 1 N–H and O–H groups in total. The van der Waals surface area contributed by atoms with Crippen LogP contribution in [0, 0.1) is 0 Å². The lowest BCUT2D eigenvalue weighted by atomic mass is 9.93. The zero-order chi connectivity index (χ0) is 19.8. The summed E-state index contributed by atoms with van der Waals surface area (Å²) >= 11 is 1.57. The van der Waals surface area contributed by atoms with Gasteiger partial charge in [0.05, 0.1) is 36.7 Å². The molecule has 2 heterocycles. The van der Waals surface area contributed by atoms with Crippen LogP contribution in [-0.2, 0) is 9.53 Å². The summed E-state index contributed by atoms with van der Waals surface area (Å²) in [6.07, 6.45) is 0. The quantitative estimate of drug-likeness (QED) is 0.779. The molecule has 0 spiro atoms. The molecule has 0 saturated carbocycles. The minimum Gasteiger partial charge on any atom is -0.504 e. The van der Waals surface area contributed by atoms with Crippen LogP contribution in [0.4, 0.5) is 5.69 Å². The summed E-state index contributed by atoms with van der Waals surface area (Å²) in [4.78, 5) is 20.7. The van der Waals surface area contributed by atoms with E-state index in [4.69, 9.17) is 9.47 Å². The Balaban J connectivity index is 1.92. The van der Waals surface area contributed by atoms with E-state index in [1.807, 2.05) is 36.1 Å². The molecule has 0 amide bonds. The SMILES string of the molecule is CCOC(=O)C1=C(C)N=C2Sc3ccccc3N2C1c1ccc(O)c(OC)c1. The molecule has 1 atom stereocenters. The summed E-state index contributed by atoms with van der Waals surface area (Å²) in [6.45, 7) is 3.89. The molecule has 28 heavy (non-hydrogen) atoms. The Kier molecular flexibility index (Phi) is 4.77. The van der Waals surface area contributed by atoms with Crippen LogP contribution in [0.1, 0.15) is 25.5 Å². The van der Waals surface area contributed by atoms with Gasteiger partial charge in [-0.2, -0.15) is 0 Å². The highest BCUT2D eigenvalue weighted by molar-refractivity contribution is 8.14. The zero-order valence-corrected chi connectivity index (χ0v) is 16.6. The molecular formula is C21H20N2O4S. The van der Waals surface area contributed by atoms with E-state index in [-0.39, 0.29) is 12.4 Å². The molecule has 2 aliphatic heterocycles. The van der Waals surface area contributed by atoms with Gasteiger partial charge in [-0.15, -0.1) is 0 Å². The monoisotopic (exact) mass is 396 g/mol. The largest absolute Gasteiger partial charge is 0.504 e. The first-order chi connectivity index (χ1) is 13.5. The van der Waals surface area contributed by atoms with Gasteiger partial charge in [0.2, 0.25) is 0 Å². The summed E-state index contributed by atoms with van der Waals surface area (Å²) in [7, 11) is 1.50. The van der Waals surface area contributed by atoms with Crippen LogP contribution in [0.25, 0.3) is 0 Å². The molecule has 0 aliphatic carbocycles. The number of rotatable bonds is 4. The summed E-state index contributed by atoms with van der Waals surface area (Å²) in [5.41, 5.74) is 2.90. The van der Waals surface area contributed by atoms with Gasteiger partial charge in [-0.1, -0.05) is 18.2 Å². The van der Waals surface area contributed by atoms with E-state index in [1.54, 1.807) is 36.9 Å². The summed E-state index contributed by atoms with van der Waals surface area (Å²) < 4.78 is 10.6. The average Bonchev–Trinajstić information content (AvgIpc) is 3.05. The van der Waals surface area contributed by atoms with E-state index in [0.29, 0.717) is 17.0 Å². The maximum Gasteiger partial charge on any atom is 0.338 e. The third-order valence-corrected chi connectivity index (χ3v) is 5.77. The van der Waals surface area contributed by atoms with E-state index in [9.17, 15) is 9.90 Å². The van der Waals surface area contributed by atoms with Crippen LogP contribution >= 0.6 is 11.8 Å².